The lowest BCUT2D eigenvalue weighted by atomic mass is 10.3. The van der Waals surface area contributed by atoms with Gasteiger partial charge in [0, 0.05) is 16.4 Å². The Morgan fingerprint density at radius 2 is 2.13 bits per heavy atom. The SMILES string of the molecule is COc1ccc(Cl)cc1NC(=O)CSc1nc2ccsc2c(=O)n1CCc1cccs1. The second-order valence-electron chi connectivity index (χ2n) is 6.50. The summed E-state index contributed by atoms with van der Waals surface area (Å²) in [5.74, 6) is 0.375. The van der Waals surface area contributed by atoms with Gasteiger partial charge in [-0.1, -0.05) is 29.4 Å². The molecule has 3 heterocycles. The Kier molecular flexibility index (Phi) is 6.96. The van der Waals surface area contributed by atoms with Crippen LogP contribution in [0.3, 0.4) is 0 Å². The van der Waals surface area contributed by atoms with Crippen LogP contribution >= 0.6 is 46.0 Å². The molecule has 160 valence electrons. The largest absolute Gasteiger partial charge is 0.495 e. The first-order valence-electron chi connectivity index (χ1n) is 9.32. The standard InChI is InChI=1S/C21H18ClN3O3S3/c1-28-17-5-4-13(22)11-16(17)23-18(26)12-31-21-24-15-7-10-30-19(15)20(27)25(21)8-6-14-3-2-9-29-14/h2-5,7,9-11H,6,8,12H2,1H3,(H,23,26). The van der Waals surface area contributed by atoms with Crippen LogP contribution in [0.15, 0.2) is 57.1 Å². The number of methoxy groups -OCH3 is 1. The van der Waals surface area contributed by atoms with E-state index in [1.165, 1.54) is 35.1 Å². The van der Waals surface area contributed by atoms with Gasteiger partial charge >= 0.3 is 0 Å². The fourth-order valence-corrected chi connectivity index (χ4v) is 5.48. The van der Waals surface area contributed by atoms with E-state index in [2.05, 4.69) is 10.3 Å². The highest BCUT2D eigenvalue weighted by molar-refractivity contribution is 7.99. The third kappa shape index (κ3) is 5.12. The Morgan fingerprint density at radius 3 is 2.90 bits per heavy atom. The summed E-state index contributed by atoms with van der Waals surface area (Å²) in [5, 5.41) is 7.71. The molecule has 4 rings (SSSR count). The van der Waals surface area contributed by atoms with Crippen molar-refractivity contribution in [2.45, 2.75) is 18.1 Å². The minimum atomic E-state index is -0.241. The molecule has 1 amide bonds. The maximum atomic E-state index is 13.0. The first kappa shape index (κ1) is 21.9. The Morgan fingerprint density at radius 1 is 1.26 bits per heavy atom. The number of hydrogen-bond donors (Lipinski definition) is 1. The third-order valence-corrected chi connectivity index (χ3v) is 7.50. The number of hydrogen-bond acceptors (Lipinski definition) is 7. The molecule has 10 heteroatoms. The molecule has 0 bridgehead atoms. The fraction of sp³-hybridized carbons (Fsp3) is 0.190. The lowest BCUT2D eigenvalue weighted by Gasteiger charge is -2.13. The molecule has 0 saturated carbocycles. The Bertz CT molecular complexity index is 1270. The van der Waals surface area contributed by atoms with Crippen LogP contribution in [0.5, 0.6) is 5.75 Å². The quantitative estimate of drug-likeness (QED) is 0.272. The van der Waals surface area contributed by atoms with Crippen LogP contribution < -0.4 is 15.6 Å². The summed E-state index contributed by atoms with van der Waals surface area (Å²) in [6.45, 7) is 0.506. The van der Waals surface area contributed by atoms with E-state index in [-0.39, 0.29) is 17.2 Å². The zero-order valence-corrected chi connectivity index (χ0v) is 19.7. The minimum Gasteiger partial charge on any atom is -0.495 e. The number of ether oxygens (including phenoxy) is 1. The van der Waals surface area contributed by atoms with Crippen molar-refractivity contribution >= 4 is 67.8 Å². The van der Waals surface area contributed by atoms with Crippen LogP contribution in [-0.4, -0.2) is 28.3 Å². The summed E-state index contributed by atoms with van der Waals surface area (Å²) in [7, 11) is 1.53. The first-order chi connectivity index (χ1) is 15.0. The van der Waals surface area contributed by atoms with Gasteiger partial charge in [0.25, 0.3) is 5.56 Å². The van der Waals surface area contributed by atoms with E-state index in [4.69, 9.17) is 16.3 Å². The molecule has 1 N–H and O–H groups in total. The lowest BCUT2D eigenvalue weighted by molar-refractivity contribution is -0.113. The summed E-state index contributed by atoms with van der Waals surface area (Å²) in [6, 6.07) is 10.9. The number of thioether (sulfide) groups is 1. The van der Waals surface area contributed by atoms with Crippen molar-refractivity contribution in [3.63, 3.8) is 0 Å². The highest BCUT2D eigenvalue weighted by Crippen LogP contribution is 2.28. The van der Waals surface area contributed by atoms with Crippen molar-refractivity contribution in [1.29, 1.82) is 0 Å². The van der Waals surface area contributed by atoms with Gasteiger partial charge in [0.1, 0.15) is 10.4 Å². The zero-order valence-electron chi connectivity index (χ0n) is 16.5. The first-order valence-corrected chi connectivity index (χ1v) is 12.4. The summed E-state index contributed by atoms with van der Waals surface area (Å²) in [5.41, 5.74) is 1.08. The molecule has 0 atom stereocenters. The van der Waals surface area contributed by atoms with E-state index in [0.717, 1.165) is 6.42 Å². The van der Waals surface area contributed by atoms with Crippen molar-refractivity contribution < 1.29 is 9.53 Å². The van der Waals surface area contributed by atoms with Gasteiger partial charge in [-0.3, -0.25) is 14.2 Å². The van der Waals surface area contributed by atoms with Gasteiger partial charge in [0.05, 0.1) is 24.1 Å². The summed E-state index contributed by atoms with van der Waals surface area (Å²) >= 11 is 10.3. The number of rotatable bonds is 8. The number of fused-ring (bicyclic) bond motifs is 1. The van der Waals surface area contributed by atoms with Crippen LogP contribution in [0.2, 0.25) is 5.02 Å². The smallest absolute Gasteiger partial charge is 0.272 e. The lowest BCUT2D eigenvalue weighted by Crippen LogP contribution is -2.24. The molecule has 1 aromatic carbocycles. The minimum absolute atomic E-state index is 0.0732. The van der Waals surface area contributed by atoms with Gasteiger partial charge in [0.15, 0.2) is 5.16 Å². The second-order valence-corrected chi connectivity index (χ2v) is 9.82. The average molecular weight is 492 g/mol. The van der Waals surface area contributed by atoms with Gasteiger partial charge in [0.2, 0.25) is 5.91 Å². The molecule has 0 saturated heterocycles. The van der Waals surface area contributed by atoms with E-state index in [0.29, 0.717) is 38.4 Å². The molecule has 31 heavy (non-hydrogen) atoms. The van der Waals surface area contributed by atoms with Gasteiger partial charge in [-0.05, 0) is 47.5 Å². The van der Waals surface area contributed by atoms with Crippen molar-refractivity contribution in [2.75, 3.05) is 18.2 Å². The molecule has 0 radical (unpaired) electrons. The fourth-order valence-electron chi connectivity index (χ4n) is 3.00. The highest BCUT2D eigenvalue weighted by atomic mass is 35.5. The number of halogens is 1. The van der Waals surface area contributed by atoms with Crippen LogP contribution in [0.4, 0.5) is 5.69 Å². The molecular formula is C21H18ClN3O3S3. The summed E-state index contributed by atoms with van der Waals surface area (Å²) in [4.78, 5) is 31.4. The molecule has 0 fully saturated rings. The predicted octanol–water partition coefficient (Wildman–Crippen LogP) is 5.16. The number of benzene rings is 1. The molecule has 0 aliphatic rings. The maximum absolute atomic E-state index is 13.0. The van der Waals surface area contributed by atoms with Crippen LogP contribution in [-0.2, 0) is 17.8 Å². The Labute approximate surface area is 195 Å². The highest BCUT2D eigenvalue weighted by Gasteiger charge is 2.15. The van der Waals surface area contributed by atoms with Crippen LogP contribution in [0.1, 0.15) is 4.88 Å². The van der Waals surface area contributed by atoms with E-state index in [1.807, 2.05) is 29.0 Å². The average Bonchev–Trinajstić information content (AvgIpc) is 3.44. The zero-order chi connectivity index (χ0) is 21.8. The summed E-state index contributed by atoms with van der Waals surface area (Å²) < 4.78 is 7.56. The van der Waals surface area contributed by atoms with Crippen molar-refractivity contribution in [2.24, 2.45) is 0 Å². The van der Waals surface area contributed by atoms with Crippen LogP contribution in [0.25, 0.3) is 10.2 Å². The molecule has 0 aliphatic carbocycles. The molecule has 4 aromatic rings. The van der Waals surface area contributed by atoms with Crippen molar-refractivity contribution in [1.82, 2.24) is 9.55 Å². The molecular weight excluding hydrogens is 474 g/mol. The maximum Gasteiger partial charge on any atom is 0.272 e. The van der Waals surface area contributed by atoms with Gasteiger partial charge in [-0.2, -0.15) is 0 Å². The molecule has 3 aromatic heterocycles. The monoisotopic (exact) mass is 491 g/mol. The molecule has 6 nitrogen and oxygen atoms in total. The van der Waals surface area contributed by atoms with Crippen molar-refractivity contribution in [3.05, 3.63) is 67.4 Å². The van der Waals surface area contributed by atoms with Gasteiger partial charge in [-0.25, -0.2) is 4.98 Å². The van der Waals surface area contributed by atoms with E-state index < -0.39 is 0 Å². The van der Waals surface area contributed by atoms with Gasteiger partial charge < -0.3 is 10.1 Å². The second kappa shape index (κ2) is 9.86. The van der Waals surface area contributed by atoms with Crippen LogP contribution in [0, 0.1) is 0 Å². The van der Waals surface area contributed by atoms with E-state index in [1.54, 1.807) is 34.1 Å². The normalized spacial score (nSPS) is 11.0. The number of carbonyl (C=O) groups excluding carboxylic acids is 1. The van der Waals surface area contributed by atoms with E-state index in [9.17, 15) is 9.59 Å². The number of aromatic nitrogens is 2. The molecule has 0 aliphatic heterocycles. The Balaban J connectivity index is 1.53. The van der Waals surface area contributed by atoms with Gasteiger partial charge in [-0.15, -0.1) is 22.7 Å². The molecule has 0 spiro atoms. The number of carbonyl (C=O) groups is 1. The third-order valence-electron chi connectivity index (χ3n) is 4.46. The van der Waals surface area contributed by atoms with Crippen molar-refractivity contribution in [3.8, 4) is 5.75 Å². The van der Waals surface area contributed by atoms with E-state index >= 15 is 0 Å². The number of nitrogens with zero attached hydrogens (tertiary/aromatic N) is 2. The predicted molar refractivity (Wildman–Crippen MR) is 129 cm³/mol. The number of thiophene rings is 2. The number of nitrogens with one attached hydrogen (secondary N) is 1. The summed E-state index contributed by atoms with van der Waals surface area (Å²) in [6.07, 6.45) is 0.732. The Hall–Kier alpha value is -2.33. The number of aryl methyl sites for hydroxylation is 1. The molecule has 0 unspecified atom stereocenters. The number of anilines is 1. The number of amides is 1. The topological polar surface area (TPSA) is 73.2 Å².